The predicted molar refractivity (Wildman–Crippen MR) is 144 cm³/mol. The highest BCUT2D eigenvalue weighted by atomic mass is 32.2. The van der Waals surface area contributed by atoms with E-state index in [-0.39, 0.29) is 40.7 Å². The lowest BCUT2D eigenvalue weighted by Gasteiger charge is -2.35. The number of hydrogen-bond acceptors (Lipinski definition) is 6. The fourth-order valence-electron chi connectivity index (χ4n) is 6.46. The summed E-state index contributed by atoms with van der Waals surface area (Å²) in [5.74, 6) is -2.12. The van der Waals surface area contributed by atoms with Crippen molar-refractivity contribution in [2.75, 3.05) is 12.4 Å². The van der Waals surface area contributed by atoms with Crippen molar-refractivity contribution in [1.29, 1.82) is 0 Å². The van der Waals surface area contributed by atoms with Gasteiger partial charge < -0.3 is 20.1 Å². The Morgan fingerprint density at radius 2 is 1.74 bits per heavy atom. The van der Waals surface area contributed by atoms with Gasteiger partial charge in [0.15, 0.2) is 11.6 Å². The maximum Gasteiger partial charge on any atom is 0.501 e. The van der Waals surface area contributed by atoms with Gasteiger partial charge in [0.05, 0.1) is 29.6 Å². The normalized spacial score (nSPS) is 26.8. The summed E-state index contributed by atoms with van der Waals surface area (Å²) in [6.07, 6.45) is 4.64. The minimum absolute atomic E-state index is 0.00393. The molecule has 13 heteroatoms. The molecule has 0 spiro atoms. The number of anilines is 1. The molecule has 3 fully saturated rings. The fourth-order valence-corrected chi connectivity index (χ4v) is 7.27. The maximum atomic E-state index is 14.8. The van der Waals surface area contributed by atoms with E-state index in [1.807, 2.05) is 0 Å². The number of carbonyl (C=O) groups excluding carboxylic acids is 2. The lowest BCUT2D eigenvalue weighted by atomic mass is 9.80. The number of hydrogen-bond donors (Lipinski definition) is 2. The summed E-state index contributed by atoms with van der Waals surface area (Å²) in [5.41, 5.74) is -5.55. The molecule has 4 atom stereocenters. The van der Waals surface area contributed by atoms with Gasteiger partial charge in [0.25, 0.3) is 15.7 Å². The quantitative estimate of drug-likeness (QED) is 0.363. The summed E-state index contributed by atoms with van der Waals surface area (Å²) in [7, 11) is -4.29. The average molecular weight is 613 g/mol. The van der Waals surface area contributed by atoms with Crippen LogP contribution in [0.2, 0.25) is 0 Å². The molecule has 3 aliphatic rings. The van der Waals surface area contributed by atoms with Gasteiger partial charge >= 0.3 is 5.51 Å². The van der Waals surface area contributed by atoms with Crippen molar-refractivity contribution in [3.8, 4) is 11.5 Å². The molecule has 2 aromatic rings. The fraction of sp³-hybridized carbons (Fsp3) is 0.517. The van der Waals surface area contributed by atoms with Crippen molar-refractivity contribution in [3.63, 3.8) is 0 Å². The first-order valence-electron chi connectivity index (χ1n) is 13.9. The molecule has 8 nitrogen and oxygen atoms in total. The van der Waals surface area contributed by atoms with E-state index < -0.39 is 49.8 Å². The van der Waals surface area contributed by atoms with Crippen molar-refractivity contribution in [1.82, 2.24) is 5.32 Å². The van der Waals surface area contributed by atoms with Gasteiger partial charge in [-0.15, -0.1) is 0 Å². The molecule has 3 saturated carbocycles. The minimum Gasteiger partial charge on any atom is -0.496 e. The van der Waals surface area contributed by atoms with E-state index in [9.17, 15) is 35.6 Å². The van der Waals surface area contributed by atoms with Gasteiger partial charge in [-0.1, -0.05) is 19.4 Å². The molecule has 0 heterocycles. The Morgan fingerprint density at radius 1 is 1.02 bits per heavy atom. The summed E-state index contributed by atoms with van der Waals surface area (Å²) in [5, 5.41) is 5.46. The van der Waals surface area contributed by atoms with Gasteiger partial charge in [-0.25, -0.2) is 12.8 Å². The molecule has 0 aromatic heterocycles. The van der Waals surface area contributed by atoms with Crippen LogP contribution < -0.4 is 20.1 Å². The molecule has 2 bridgehead atoms. The number of amides is 2. The molecule has 0 unspecified atom stereocenters. The molecule has 228 valence electrons. The monoisotopic (exact) mass is 612 g/mol. The van der Waals surface area contributed by atoms with Crippen LogP contribution in [-0.4, -0.2) is 45.0 Å². The van der Waals surface area contributed by atoms with Gasteiger partial charge in [0.2, 0.25) is 5.91 Å². The molecule has 3 aliphatic carbocycles. The molecule has 0 saturated heterocycles. The lowest BCUT2D eigenvalue weighted by Crippen LogP contribution is -2.48. The highest BCUT2D eigenvalue weighted by Gasteiger charge is 2.52. The summed E-state index contributed by atoms with van der Waals surface area (Å²) in [6.45, 7) is 2.08. The van der Waals surface area contributed by atoms with Gasteiger partial charge in [-0.3, -0.25) is 9.59 Å². The number of alkyl halides is 3. The van der Waals surface area contributed by atoms with Crippen LogP contribution in [0.25, 0.3) is 0 Å². The van der Waals surface area contributed by atoms with Crippen molar-refractivity contribution in [2.45, 2.75) is 68.0 Å². The van der Waals surface area contributed by atoms with Gasteiger partial charge in [0, 0.05) is 17.8 Å². The highest BCUT2D eigenvalue weighted by molar-refractivity contribution is 7.92. The average Bonchev–Trinajstić information content (AvgIpc) is 3.52. The number of methoxy groups -OCH3 is 1. The van der Waals surface area contributed by atoms with Crippen LogP contribution >= 0.6 is 0 Å². The minimum atomic E-state index is -5.60. The second-order valence-electron chi connectivity index (χ2n) is 11.3. The Bertz CT molecular complexity index is 1470. The predicted octanol–water partition coefficient (Wildman–Crippen LogP) is 5.48. The third-order valence-electron chi connectivity index (χ3n) is 8.80. The number of ether oxygens (including phenoxy) is 2. The van der Waals surface area contributed by atoms with Crippen molar-refractivity contribution >= 4 is 27.3 Å². The number of sulfone groups is 1. The third-order valence-corrected chi connectivity index (χ3v) is 10.3. The Morgan fingerprint density at radius 3 is 2.40 bits per heavy atom. The summed E-state index contributed by atoms with van der Waals surface area (Å²) < 4.78 is 88.6. The first-order valence-corrected chi connectivity index (χ1v) is 15.4. The highest BCUT2D eigenvalue weighted by Crippen LogP contribution is 2.49. The van der Waals surface area contributed by atoms with E-state index >= 15 is 0 Å². The summed E-state index contributed by atoms with van der Waals surface area (Å²) >= 11 is 0. The van der Waals surface area contributed by atoms with Crippen molar-refractivity contribution in [2.24, 2.45) is 23.7 Å². The van der Waals surface area contributed by atoms with Crippen LogP contribution in [-0.2, 0) is 14.6 Å². The second kappa shape index (κ2) is 11.4. The molecule has 0 radical (unpaired) electrons. The van der Waals surface area contributed by atoms with E-state index in [1.165, 1.54) is 19.2 Å². The van der Waals surface area contributed by atoms with E-state index in [0.29, 0.717) is 12.3 Å². The molecule has 2 aromatic carbocycles. The maximum absolute atomic E-state index is 14.8. The number of benzene rings is 2. The Hall–Kier alpha value is -3.35. The summed E-state index contributed by atoms with van der Waals surface area (Å²) in [6, 6.07) is 5.77. The van der Waals surface area contributed by atoms with E-state index in [0.717, 1.165) is 56.4 Å². The van der Waals surface area contributed by atoms with Gasteiger partial charge in [-0.05, 0) is 74.1 Å². The topological polar surface area (TPSA) is 111 Å². The van der Waals surface area contributed by atoms with Crippen LogP contribution in [0.15, 0.2) is 41.3 Å². The van der Waals surface area contributed by atoms with Crippen LogP contribution in [0, 0.1) is 29.5 Å². The number of rotatable bonds is 9. The number of carbonyl (C=O) groups is 2. The number of nitrogens with one attached hydrogen (secondary N) is 2. The molecule has 0 aliphatic heterocycles. The zero-order valence-electron chi connectivity index (χ0n) is 23.0. The lowest BCUT2D eigenvalue weighted by molar-refractivity contribution is -0.122. The molecule has 5 rings (SSSR count). The van der Waals surface area contributed by atoms with Crippen molar-refractivity contribution < 1.29 is 45.0 Å². The van der Waals surface area contributed by atoms with Crippen molar-refractivity contribution in [3.05, 3.63) is 47.8 Å². The number of halogens is 4. The van der Waals surface area contributed by atoms with Crippen LogP contribution in [0.1, 0.15) is 55.8 Å². The van der Waals surface area contributed by atoms with E-state index in [1.54, 1.807) is 0 Å². The van der Waals surface area contributed by atoms with Crippen LogP contribution in [0.4, 0.5) is 23.2 Å². The smallest absolute Gasteiger partial charge is 0.496 e. The molecule has 42 heavy (non-hydrogen) atoms. The SMILES string of the molecule is CCC1CC(Oc2cc(C(=O)N[C@@H]3[C@@H]4CC[C@@H](C4)[C@@H]3C(=O)Nc3cccc(S(=O)(=O)C(F)(F)F)c3)c(OC)cc2F)C1. The Kier molecular flexibility index (Phi) is 8.16. The van der Waals surface area contributed by atoms with Gasteiger partial charge in [0.1, 0.15) is 5.75 Å². The molecular weight excluding hydrogens is 580 g/mol. The molecule has 2 amide bonds. The Labute approximate surface area is 241 Å². The Balaban J connectivity index is 1.33. The molecule has 2 N–H and O–H groups in total. The zero-order chi connectivity index (χ0) is 30.4. The third kappa shape index (κ3) is 5.67. The standard InChI is InChI=1S/C29H32F4N2O6S/c1-3-15-9-19(10-15)41-24-13-21(23(40-2)14-22(24)30)27(36)35-26-17-8-7-16(11-17)25(26)28(37)34-18-5-4-6-20(12-18)42(38,39)29(31,32)33/h4-6,12-17,19,25-26H,3,7-11H2,1-2H3,(H,34,37)(H,35,36)/t15?,16-,17+,19?,25-,26+/m0/s1. The van der Waals surface area contributed by atoms with E-state index in [2.05, 4.69) is 17.6 Å². The van der Waals surface area contributed by atoms with Crippen LogP contribution in [0.3, 0.4) is 0 Å². The van der Waals surface area contributed by atoms with E-state index in [4.69, 9.17) is 9.47 Å². The second-order valence-corrected chi connectivity index (χ2v) is 13.2. The summed E-state index contributed by atoms with van der Waals surface area (Å²) in [4.78, 5) is 25.9. The largest absolute Gasteiger partial charge is 0.501 e. The first-order chi connectivity index (χ1) is 19.8. The van der Waals surface area contributed by atoms with Gasteiger partial charge in [-0.2, -0.15) is 13.2 Å². The first kappa shape index (κ1) is 30.1. The molecular formula is C29H32F4N2O6S. The van der Waals surface area contributed by atoms with Crippen LogP contribution in [0.5, 0.6) is 11.5 Å². The zero-order valence-corrected chi connectivity index (χ0v) is 23.9. The number of fused-ring (bicyclic) bond motifs is 2.